The van der Waals surface area contributed by atoms with Crippen LogP contribution in [0.1, 0.15) is 12.8 Å². The van der Waals surface area contributed by atoms with Crippen molar-refractivity contribution in [3.05, 3.63) is 18.5 Å². The van der Waals surface area contributed by atoms with Crippen LogP contribution in [0.25, 0.3) is 0 Å². The Bertz CT molecular complexity index is 444. The van der Waals surface area contributed by atoms with Crippen LogP contribution in [0.15, 0.2) is 18.5 Å². The normalized spacial score (nSPS) is 20.7. The Balaban J connectivity index is 1.43. The average Bonchev–Trinajstić information content (AvgIpc) is 2.92. The molecule has 1 aromatic heterocycles. The van der Waals surface area contributed by atoms with Crippen LogP contribution in [0.4, 0.5) is 5.95 Å². The van der Waals surface area contributed by atoms with Crippen LogP contribution in [-0.4, -0.2) is 71.5 Å². The quantitative estimate of drug-likeness (QED) is 0.787. The fourth-order valence-corrected chi connectivity index (χ4v) is 2.83. The smallest absolute Gasteiger partial charge is 0.225 e. The number of amides is 1. The molecule has 20 heavy (non-hydrogen) atoms. The summed E-state index contributed by atoms with van der Waals surface area (Å²) >= 11 is 0. The zero-order valence-corrected chi connectivity index (χ0v) is 11.7. The van der Waals surface area contributed by atoms with Crippen molar-refractivity contribution < 1.29 is 4.79 Å². The molecule has 3 rings (SSSR count). The maximum absolute atomic E-state index is 11.6. The van der Waals surface area contributed by atoms with E-state index >= 15 is 0 Å². The molecule has 2 saturated heterocycles. The van der Waals surface area contributed by atoms with E-state index in [4.69, 9.17) is 0 Å². The molecule has 0 atom stereocenters. The molecule has 0 aliphatic carbocycles. The maximum atomic E-state index is 11.6. The first-order valence-electron chi connectivity index (χ1n) is 7.35. The minimum absolute atomic E-state index is 0.321. The van der Waals surface area contributed by atoms with Crippen LogP contribution >= 0.6 is 0 Å². The van der Waals surface area contributed by atoms with Crippen molar-refractivity contribution in [3.8, 4) is 0 Å². The average molecular weight is 275 g/mol. The van der Waals surface area contributed by atoms with Gasteiger partial charge in [-0.15, -0.1) is 0 Å². The first-order chi connectivity index (χ1) is 9.83. The summed E-state index contributed by atoms with van der Waals surface area (Å²) in [7, 11) is 0. The minimum atomic E-state index is 0.321. The molecule has 1 amide bonds. The molecule has 2 fully saturated rings. The summed E-state index contributed by atoms with van der Waals surface area (Å²) in [6, 6.07) is 1.84. The van der Waals surface area contributed by atoms with E-state index in [1.165, 1.54) is 0 Å². The van der Waals surface area contributed by atoms with Crippen LogP contribution in [0.3, 0.4) is 0 Å². The number of anilines is 1. The number of carbonyl (C=O) groups is 1. The van der Waals surface area contributed by atoms with Crippen molar-refractivity contribution >= 4 is 11.9 Å². The van der Waals surface area contributed by atoms with Gasteiger partial charge in [0.05, 0.1) is 0 Å². The fourth-order valence-electron chi connectivity index (χ4n) is 2.83. The van der Waals surface area contributed by atoms with Crippen molar-refractivity contribution in [1.82, 2.24) is 19.8 Å². The summed E-state index contributed by atoms with van der Waals surface area (Å²) in [5, 5.41) is 0. The van der Waals surface area contributed by atoms with Crippen LogP contribution in [0.2, 0.25) is 0 Å². The maximum Gasteiger partial charge on any atom is 0.225 e. The van der Waals surface area contributed by atoms with Gasteiger partial charge in [-0.1, -0.05) is 0 Å². The Morgan fingerprint density at radius 3 is 2.40 bits per heavy atom. The molecule has 0 saturated carbocycles. The third kappa shape index (κ3) is 3.07. The van der Waals surface area contributed by atoms with Crippen LogP contribution < -0.4 is 4.90 Å². The Hall–Kier alpha value is -1.69. The third-order valence-corrected chi connectivity index (χ3v) is 4.06. The molecule has 6 nitrogen and oxygen atoms in total. The lowest BCUT2D eigenvalue weighted by molar-refractivity contribution is -0.127. The predicted molar refractivity (Wildman–Crippen MR) is 76.5 cm³/mol. The molecule has 1 aromatic rings. The van der Waals surface area contributed by atoms with Gasteiger partial charge in [0.1, 0.15) is 0 Å². The van der Waals surface area contributed by atoms with Crippen molar-refractivity contribution in [2.24, 2.45) is 0 Å². The lowest BCUT2D eigenvalue weighted by atomic mass is 10.3. The summed E-state index contributed by atoms with van der Waals surface area (Å²) in [6.07, 6.45) is 5.33. The Kier molecular flexibility index (Phi) is 4.11. The molecule has 0 aromatic carbocycles. The molecular weight excluding hydrogens is 254 g/mol. The zero-order chi connectivity index (χ0) is 13.8. The van der Waals surface area contributed by atoms with Crippen LogP contribution in [0.5, 0.6) is 0 Å². The second kappa shape index (κ2) is 6.17. The molecule has 2 aliphatic heterocycles. The molecule has 0 spiro atoms. The second-order valence-electron chi connectivity index (χ2n) is 5.36. The number of likely N-dealkylation sites (tertiary alicyclic amines) is 1. The number of piperazine rings is 1. The van der Waals surface area contributed by atoms with Gasteiger partial charge < -0.3 is 9.80 Å². The van der Waals surface area contributed by atoms with Gasteiger partial charge >= 0.3 is 0 Å². The highest BCUT2D eigenvalue weighted by molar-refractivity contribution is 5.78. The summed E-state index contributed by atoms with van der Waals surface area (Å²) in [5.41, 5.74) is 0. The van der Waals surface area contributed by atoms with Crippen molar-refractivity contribution in [2.45, 2.75) is 12.8 Å². The lowest BCUT2D eigenvalue weighted by Gasteiger charge is -2.35. The van der Waals surface area contributed by atoms with E-state index in [1.807, 2.05) is 11.0 Å². The van der Waals surface area contributed by atoms with E-state index < -0.39 is 0 Å². The van der Waals surface area contributed by atoms with Gasteiger partial charge in [0, 0.05) is 64.6 Å². The third-order valence-electron chi connectivity index (χ3n) is 4.06. The molecule has 3 heterocycles. The second-order valence-corrected chi connectivity index (χ2v) is 5.36. The Morgan fingerprint density at radius 1 is 1.00 bits per heavy atom. The number of hydrogen-bond acceptors (Lipinski definition) is 5. The van der Waals surface area contributed by atoms with E-state index in [0.717, 1.165) is 64.6 Å². The molecule has 108 valence electrons. The Labute approximate surface area is 119 Å². The topological polar surface area (TPSA) is 52.6 Å². The monoisotopic (exact) mass is 275 g/mol. The Morgan fingerprint density at radius 2 is 1.75 bits per heavy atom. The van der Waals surface area contributed by atoms with Gasteiger partial charge in [-0.25, -0.2) is 9.97 Å². The first kappa shape index (κ1) is 13.3. The van der Waals surface area contributed by atoms with E-state index in [9.17, 15) is 4.79 Å². The van der Waals surface area contributed by atoms with E-state index in [0.29, 0.717) is 5.91 Å². The van der Waals surface area contributed by atoms with Gasteiger partial charge in [0.2, 0.25) is 11.9 Å². The van der Waals surface area contributed by atoms with Gasteiger partial charge in [-0.3, -0.25) is 9.69 Å². The zero-order valence-electron chi connectivity index (χ0n) is 11.7. The highest BCUT2D eigenvalue weighted by Crippen LogP contribution is 2.11. The molecule has 0 bridgehead atoms. The van der Waals surface area contributed by atoms with Crippen molar-refractivity contribution in [1.29, 1.82) is 0 Å². The molecular formula is C14H21N5O. The van der Waals surface area contributed by atoms with Gasteiger partial charge in [0.25, 0.3) is 0 Å². The number of aromatic nitrogens is 2. The number of carbonyl (C=O) groups excluding carboxylic acids is 1. The van der Waals surface area contributed by atoms with Gasteiger partial charge in [0.15, 0.2) is 0 Å². The number of nitrogens with zero attached hydrogens (tertiary/aromatic N) is 5. The van der Waals surface area contributed by atoms with Crippen molar-refractivity contribution in [3.63, 3.8) is 0 Å². The van der Waals surface area contributed by atoms with E-state index in [1.54, 1.807) is 12.4 Å². The number of rotatable bonds is 4. The lowest BCUT2D eigenvalue weighted by Crippen LogP contribution is -2.49. The first-order valence-corrected chi connectivity index (χ1v) is 7.35. The molecule has 2 aliphatic rings. The summed E-state index contributed by atoms with van der Waals surface area (Å²) in [4.78, 5) is 26.8. The highest BCUT2D eigenvalue weighted by Gasteiger charge is 2.22. The van der Waals surface area contributed by atoms with E-state index in [2.05, 4.69) is 19.8 Å². The summed E-state index contributed by atoms with van der Waals surface area (Å²) < 4.78 is 0. The van der Waals surface area contributed by atoms with Crippen molar-refractivity contribution in [2.75, 3.05) is 50.7 Å². The molecule has 0 N–H and O–H groups in total. The summed E-state index contributed by atoms with van der Waals surface area (Å²) in [5.74, 6) is 1.14. The standard InChI is InChI=1S/C14H21N5O/c20-13-3-1-6-18(13)10-7-17-8-11-19(12-9-17)14-15-4-2-5-16-14/h2,4-5H,1,3,6-12H2. The number of hydrogen-bond donors (Lipinski definition) is 0. The van der Waals surface area contributed by atoms with Gasteiger partial charge in [-0.2, -0.15) is 0 Å². The predicted octanol–water partition coefficient (Wildman–Crippen LogP) is 0.221. The highest BCUT2D eigenvalue weighted by atomic mass is 16.2. The molecule has 6 heteroatoms. The summed E-state index contributed by atoms with van der Waals surface area (Å²) in [6.45, 7) is 6.74. The molecule has 0 radical (unpaired) electrons. The largest absolute Gasteiger partial charge is 0.341 e. The van der Waals surface area contributed by atoms with Crippen LogP contribution in [-0.2, 0) is 4.79 Å². The van der Waals surface area contributed by atoms with E-state index in [-0.39, 0.29) is 0 Å². The minimum Gasteiger partial charge on any atom is -0.341 e. The molecule has 0 unspecified atom stereocenters. The fraction of sp³-hybridized carbons (Fsp3) is 0.643. The van der Waals surface area contributed by atoms with Crippen LogP contribution in [0, 0.1) is 0 Å². The van der Waals surface area contributed by atoms with Gasteiger partial charge in [-0.05, 0) is 12.5 Å². The SMILES string of the molecule is O=C1CCCN1CCN1CCN(c2ncccn2)CC1.